The van der Waals surface area contributed by atoms with Crippen LogP contribution in [0.1, 0.15) is 141 Å². The predicted octanol–water partition coefficient (Wildman–Crippen LogP) is 6.41. The summed E-state index contributed by atoms with van der Waals surface area (Å²) >= 11 is 0. The van der Waals surface area contributed by atoms with Crippen molar-refractivity contribution in [3.05, 3.63) is 66.0 Å². The zero-order chi connectivity index (χ0) is 48.4. The molecule has 0 spiro atoms. The van der Waals surface area contributed by atoms with Gasteiger partial charge in [-0.15, -0.1) is 0 Å². The van der Waals surface area contributed by atoms with E-state index in [-0.39, 0.29) is 67.4 Å². The molecule has 3 heterocycles. The molecule has 0 saturated heterocycles. The summed E-state index contributed by atoms with van der Waals surface area (Å²) in [5, 5.41) is 27.4. The van der Waals surface area contributed by atoms with E-state index in [1.807, 2.05) is 20.8 Å². The first kappa shape index (κ1) is 54.3. The molecule has 0 aliphatic carbocycles. The van der Waals surface area contributed by atoms with Gasteiger partial charge in [-0.1, -0.05) is 133 Å². The average Bonchev–Trinajstić information content (AvgIpc) is 3.95. The zero-order valence-corrected chi connectivity index (χ0v) is 39.0. The van der Waals surface area contributed by atoms with Crippen molar-refractivity contribution in [2.75, 3.05) is 19.7 Å². The highest BCUT2D eigenvalue weighted by Gasteiger charge is 2.36. The van der Waals surface area contributed by atoms with Crippen LogP contribution < -0.4 is 10.6 Å². The molecule has 18 heteroatoms. The van der Waals surface area contributed by atoms with E-state index in [1.165, 1.54) is 49.5 Å². The molecule has 66 heavy (non-hydrogen) atoms. The van der Waals surface area contributed by atoms with Gasteiger partial charge in [0.05, 0.1) is 18.6 Å². The molecule has 1 aromatic rings. The lowest BCUT2D eigenvalue weighted by atomic mass is 9.94. The van der Waals surface area contributed by atoms with E-state index in [2.05, 4.69) is 27.7 Å². The maximum atomic E-state index is 13.8. The van der Waals surface area contributed by atoms with Gasteiger partial charge in [0, 0.05) is 31.8 Å². The molecule has 3 rings (SSSR count). The van der Waals surface area contributed by atoms with E-state index < -0.39 is 73.0 Å². The van der Waals surface area contributed by atoms with Gasteiger partial charge in [0.25, 0.3) is 11.8 Å². The number of aliphatic carboxylic acids is 2. The van der Waals surface area contributed by atoms with Gasteiger partial charge < -0.3 is 44.5 Å². The third-order valence-electron chi connectivity index (χ3n) is 10.9. The van der Waals surface area contributed by atoms with Gasteiger partial charge in [0.15, 0.2) is 12.3 Å². The van der Waals surface area contributed by atoms with Crippen LogP contribution in [-0.2, 0) is 49.5 Å². The van der Waals surface area contributed by atoms with Gasteiger partial charge in [0.2, 0.25) is 11.8 Å². The number of carbonyl (C=O) groups excluding carboxylic acids is 5. The minimum absolute atomic E-state index is 0.00918. The normalized spacial score (nSPS) is 22.6. The Bertz CT molecular complexity index is 1930. The van der Waals surface area contributed by atoms with E-state index >= 15 is 0 Å². The van der Waals surface area contributed by atoms with Crippen LogP contribution in [0.4, 0.5) is 0 Å². The Morgan fingerprint density at radius 2 is 1.65 bits per heavy atom. The molecule has 364 valence electrons. The molecule has 5 unspecified atom stereocenters. The molecule has 0 saturated carbocycles. The highest BCUT2D eigenvalue weighted by molar-refractivity contribution is 5.96. The Morgan fingerprint density at radius 1 is 0.970 bits per heavy atom. The molecule has 2 bridgehead atoms. The Labute approximate surface area is 387 Å². The van der Waals surface area contributed by atoms with Crippen molar-refractivity contribution in [1.82, 2.24) is 20.5 Å². The molecule has 0 fully saturated rings. The smallest absolute Gasteiger partial charge is 0.333 e. The summed E-state index contributed by atoms with van der Waals surface area (Å²) in [4.78, 5) is 99.7. The molecule has 2 aliphatic heterocycles. The number of nitrogens with zero attached hydrogens (tertiary/aromatic N) is 3. The third-order valence-corrected chi connectivity index (χ3v) is 10.9. The lowest BCUT2D eigenvalue weighted by Gasteiger charge is -2.29. The molecule has 4 N–H and O–H groups in total. The van der Waals surface area contributed by atoms with Crippen molar-refractivity contribution in [2.45, 2.75) is 155 Å². The first-order chi connectivity index (χ1) is 31.6. The number of carboxylic acid groups (broad SMARTS) is 2. The van der Waals surface area contributed by atoms with Gasteiger partial charge in [0.1, 0.15) is 30.6 Å². The number of oxime groups is 1. The number of nitrogens with one attached hydrogen (secondary N) is 2. The largest absolute Gasteiger partial charge is 0.481 e. The number of hydrogen-bond donors (Lipinski definition) is 4. The van der Waals surface area contributed by atoms with Gasteiger partial charge in [-0.05, 0) is 31.4 Å². The molecule has 1 aromatic heterocycles. The highest BCUT2D eigenvalue weighted by Crippen LogP contribution is 2.23. The Morgan fingerprint density at radius 3 is 2.30 bits per heavy atom. The summed E-state index contributed by atoms with van der Waals surface area (Å²) < 4.78 is 17.6. The van der Waals surface area contributed by atoms with E-state index in [4.69, 9.17) is 23.8 Å². The number of carbonyl (C=O) groups is 7. The SMILES string of the molecule is CCCCCCCCCCCCCC(=O)OC1/C=C(C)\C=C\CNC(=O)/C=C\C(C)C(C(C)C)OC(=O)C2C=CCN2C(=O)c2coc(n2)C/C(=N\OCC(=O)NC(CC(=O)O)C(=O)O)C1. The maximum absolute atomic E-state index is 13.8. The first-order valence-electron chi connectivity index (χ1n) is 23.1. The number of amides is 3. The van der Waals surface area contributed by atoms with Crippen LogP contribution in [0.5, 0.6) is 0 Å². The molecule has 18 nitrogen and oxygen atoms in total. The molecular weight excluding hydrogens is 855 g/mol. The lowest BCUT2D eigenvalue weighted by molar-refractivity contribution is -0.156. The molecule has 5 atom stereocenters. The summed E-state index contributed by atoms with van der Waals surface area (Å²) in [6.07, 6.45) is 22.2. The van der Waals surface area contributed by atoms with Crippen molar-refractivity contribution in [3.63, 3.8) is 0 Å². The number of cyclic esters (lactones) is 1. The molecule has 0 aromatic carbocycles. The number of unbranched alkanes of at least 4 members (excludes halogenated alkanes) is 10. The summed E-state index contributed by atoms with van der Waals surface area (Å²) in [5.74, 6) is -6.56. The number of esters is 2. The van der Waals surface area contributed by atoms with Crippen LogP contribution in [0.25, 0.3) is 0 Å². The van der Waals surface area contributed by atoms with E-state index in [1.54, 1.807) is 43.4 Å². The average molecular weight is 924 g/mol. The summed E-state index contributed by atoms with van der Waals surface area (Å²) in [7, 11) is 0. The molecule has 3 amide bonds. The molecular formula is C48H69N5O13. The minimum atomic E-state index is -1.72. The van der Waals surface area contributed by atoms with Crippen molar-refractivity contribution in [2.24, 2.45) is 17.0 Å². The highest BCUT2D eigenvalue weighted by atomic mass is 16.6. The minimum Gasteiger partial charge on any atom is -0.481 e. The van der Waals surface area contributed by atoms with Crippen LogP contribution in [0.15, 0.2) is 63.9 Å². The van der Waals surface area contributed by atoms with Gasteiger partial charge in [-0.3, -0.25) is 24.0 Å². The van der Waals surface area contributed by atoms with Crippen LogP contribution >= 0.6 is 0 Å². The van der Waals surface area contributed by atoms with Gasteiger partial charge >= 0.3 is 23.9 Å². The fraction of sp³-hybridized carbons (Fsp3) is 0.604. The van der Waals surface area contributed by atoms with Crippen LogP contribution in [0.3, 0.4) is 0 Å². The molecule has 0 radical (unpaired) electrons. The van der Waals surface area contributed by atoms with Crippen LogP contribution in [0, 0.1) is 11.8 Å². The van der Waals surface area contributed by atoms with E-state index in [0.717, 1.165) is 31.9 Å². The standard InChI is InChI=1S/C48H69N5O13/c1-6-7-8-9-10-11-12-13-14-15-16-21-44(58)65-36-26-33(4)19-17-24-49-40(54)23-22-34(5)45(32(2)3)66-48(62)39-20-18-25-53(39)46(59)38-30-63-42(51-38)28-35(27-36)52-64-31-41(55)50-37(47(60)61)29-43(56)57/h17-20,22-23,26,30,32,34,36-37,39,45H,6-16,21,24-25,27-29,31H2,1-5H3,(H,49,54)(H,50,55)(H,56,57)(H,60,61)/b19-17+,23-22-,33-26-,52-35-. The van der Waals surface area contributed by atoms with Crippen molar-refractivity contribution in [1.29, 1.82) is 0 Å². The number of rotatable bonds is 21. The number of allylic oxidation sites excluding steroid dienone is 2. The summed E-state index contributed by atoms with van der Waals surface area (Å²) in [6.45, 7) is 9.04. The Balaban J connectivity index is 1.90. The second-order valence-electron chi connectivity index (χ2n) is 17.1. The number of hydrogen-bond acceptors (Lipinski definition) is 13. The number of carboxylic acids is 2. The Kier molecular flexibility index (Phi) is 24.2. The fourth-order valence-corrected chi connectivity index (χ4v) is 7.43. The zero-order valence-electron chi connectivity index (χ0n) is 39.0. The quantitative estimate of drug-likeness (QED) is 0.0450. The first-order valence-corrected chi connectivity index (χ1v) is 23.1. The topological polar surface area (TPSA) is 253 Å². The van der Waals surface area contributed by atoms with E-state index in [9.17, 15) is 38.7 Å². The van der Waals surface area contributed by atoms with Crippen LogP contribution in [0.2, 0.25) is 0 Å². The number of fused-ring (bicyclic) bond motifs is 3. The van der Waals surface area contributed by atoms with Crippen molar-refractivity contribution in [3.8, 4) is 0 Å². The fourth-order valence-electron chi connectivity index (χ4n) is 7.43. The second kappa shape index (κ2) is 29.5. The second-order valence-corrected chi connectivity index (χ2v) is 17.1. The number of aromatic nitrogens is 1. The summed E-state index contributed by atoms with van der Waals surface area (Å²) in [6, 6.07) is -2.78. The Hall–Kier alpha value is -6.07. The van der Waals surface area contributed by atoms with Gasteiger partial charge in [-0.2, -0.15) is 0 Å². The molecule has 2 aliphatic rings. The van der Waals surface area contributed by atoms with Crippen molar-refractivity contribution < 1.29 is 62.5 Å². The van der Waals surface area contributed by atoms with E-state index in [0.29, 0.717) is 12.0 Å². The van der Waals surface area contributed by atoms with Crippen LogP contribution in [-0.4, -0.2) is 111 Å². The number of oxazole rings is 1. The summed E-state index contributed by atoms with van der Waals surface area (Å²) in [5.41, 5.74) is 0.678. The maximum Gasteiger partial charge on any atom is 0.333 e. The van der Waals surface area contributed by atoms with Crippen molar-refractivity contribution >= 4 is 47.3 Å². The lowest BCUT2D eigenvalue weighted by Crippen LogP contribution is -2.44. The third kappa shape index (κ3) is 20.4. The monoisotopic (exact) mass is 923 g/mol. The predicted molar refractivity (Wildman–Crippen MR) is 244 cm³/mol. The number of ether oxygens (including phenoxy) is 2. The van der Waals surface area contributed by atoms with Gasteiger partial charge in [-0.25, -0.2) is 14.6 Å².